The zero-order chi connectivity index (χ0) is 22.6. The van der Waals surface area contributed by atoms with E-state index in [9.17, 15) is 8.42 Å². The third-order valence-corrected chi connectivity index (χ3v) is 6.33. The molecule has 0 fully saturated rings. The minimum absolute atomic E-state index is 0.0777. The monoisotopic (exact) mass is 441 g/mol. The minimum Gasteiger partial charge on any atom is -0.265 e. The van der Waals surface area contributed by atoms with Gasteiger partial charge in [-0.2, -0.15) is 8.42 Å². The van der Waals surface area contributed by atoms with Crippen LogP contribution in [0.25, 0.3) is 22.3 Å². The Morgan fingerprint density at radius 1 is 0.656 bits per heavy atom. The second-order valence-electron chi connectivity index (χ2n) is 7.54. The minimum atomic E-state index is -3.95. The molecule has 0 bridgehead atoms. The molecule has 0 saturated heterocycles. The van der Waals surface area contributed by atoms with E-state index < -0.39 is 10.1 Å². The highest BCUT2D eigenvalue weighted by Crippen LogP contribution is 2.25. The highest BCUT2D eigenvalue weighted by Gasteiger charge is 2.15. The van der Waals surface area contributed by atoms with E-state index >= 15 is 0 Å². The first-order valence-electron chi connectivity index (χ1n) is 10.2. The van der Waals surface area contributed by atoms with Gasteiger partial charge in [-0.25, -0.2) is 0 Å². The molecule has 0 aliphatic heterocycles. The van der Waals surface area contributed by atoms with Gasteiger partial charge in [0, 0.05) is 0 Å². The third-order valence-electron chi connectivity index (χ3n) is 5.21. The molecule has 4 nitrogen and oxygen atoms in total. The van der Waals surface area contributed by atoms with Crippen molar-refractivity contribution in [1.82, 2.24) is 0 Å². The highest BCUT2D eigenvalue weighted by atomic mass is 32.2. The van der Waals surface area contributed by atoms with Crippen LogP contribution in [-0.2, 0) is 14.4 Å². The van der Waals surface area contributed by atoms with E-state index in [1.807, 2.05) is 49.4 Å². The first-order valence-corrected chi connectivity index (χ1v) is 11.6. The molecule has 5 heteroatoms. The van der Waals surface area contributed by atoms with Crippen molar-refractivity contribution in [2.45, 2.75) is 18.7 Å². The molecule has 32 heavy (non-hydrogen) atoms. The number of aryl methyl sites for hydroxylation is 1. The van der Waals surface area contributed by atoms with E-state index in [0.29, 0.717) is 5.71 Å². The van der Waals surface area contributed by atoms with Crippen molar-refractivity contribution in [2.24, 2.45) is 5.16 Å². The summed E-state index contributed by atoms with van der Waals surface area (Å²) in [5.41, 5.74) is 6.75. The maximum atomic E-state index is 12.3. The predicted molar refractivity (Wildman–Crippen MR) is 129 cm³/mol. The zero-order valence-corrected chi connectivity index (χ0v) is 18.7. The van der Waals surface area contributed by atoms with Gasteiger partial charge in [-0.05, 0) is 53.8 Å². The highest BCUT2D eigenvalue weighted by molar-refractivity contribution is 7.86. The summed E-state index contributed by atoms with van der Waals surface area (Å²) in [5, 5.41) is 3.84. The average Bonchev–Trinajstić information content (AvgIpc) is 2.84. The standard InChI is InChI=1S/C27H23NO3S/c1-20-8-18-27(19-9-20)32(29,30)31-28-21(2)22-10-12-25(13-11-22)26-16-14-24(15-17-26)23-6-4-3-5-7-23/h3-19H,1-2H3. The van der Waals surface area contributed by atoms with Crippen LogP contribution >= 0.6 is 0 Å². The summed E-state index contributed by atoms with van der Waals surface area (Å²) in [6, 6.07) is 32.9. The van der Waals surface area contributed by atoms with Crippen LogP contribution in [0.5, 0.6) is 0 Å². The lowest BCUT2D eigenvalue weighted by Gasteiger charge is -2.07. The van der Waals surface area contributed by atoms with Gasteiger partial charge >= 0.3 is 10.1 Å². The Morgan fingerprint density at radius 2 is 1.12 bits per heavy atom. The van der Waals surface area contributed by atoms with Crippen LogP contribution in [0.1, 0.15) is 18.1 Å². The van der Waals surface area contributed by atoms with E-state index in [4.69, 9.17) is 4.28 Å². The van der Waals surface area contributed by atoms with E-state index in [-0.39, 0.29) is 4.90 Å². The molecule has 4 aromatic carbocycles. The molecule has 0 N–H and O–H groups in total. The van der Waals surface area contributed by atoms with Gasteiger partial charge < -0.3 is 0 Å². The molecule has 0 saturated carbocycles. The van der Waals surface area contributed by atoms with Crippen LogP contribution in [-0.4, -0.2) is 14.1 Å². The van der Waals surface area contributed by atoms with Gasteiger partial charge in [0.2, 0.25) is 0 Å². The lowest BCUT2D eigenvalue weighted by molar-refractivity contribution is 0.339. The molecule has 0 spiro atoms. The fourth-order valence-electron chi connectivity index (χ4n) is 3.30. The van der Waals surface area contributed by atoms with Gasteiger partial charge in [-0.15, -0.1) is 0 Å². The first kappa shape index (κ1) is 21.5. The topological polar surface area (TPSA) is 55.7 Å². The number of rotatable bonds is 6. The molecule has 0 radical (unpaired) electrons. The van der Waals surface area contributed by atoms with Crippen LogP contribution in [0, 0.1) is 6.92 Å². The molecule has 0 amide bonds. The van der Waals surface area contributed by atoms with Crippen molar-refractivity contribution in [3.05, 3.63) is 114 Å². The van der Waals surface area contributed by atoms with Crippen molar-refractivity contribution >= 4 is 15.8 Å². The molecule has 0 atom stereocenters. The molecule has 0 aliphatic carbocycles. The third kappa shape index (κ3) is 4.95. The maximum absolute atomic E-state index is 12.3. The molecule has 0 aliphatic rings. The summed E-state index contributed by atoms with van der Waals surface area (Å²) in [4.78, 5) is 0.0777. The van der Waals surface area contributed by atoms with Gasteiger partial charge in [0.05, 0.1) is 5.71 Å². The molecule has 160 valence electrons. The molecule has 4 rings (SSSR count). The van der Waals surface area contributed by atoms with E-state index in [0.717, 1.165) is 22.3 Å². The second-order valence-corrected chi connectivity index (χ2v) is 9.07. The maximum Gasteiger partial charge on any atom is 0.358 e. The average molecular weight is 442 g/mol. The Balaban J connectivity index is 1.47. The lowest BCUT2D eigenvalue weighted by atomic mass is 9.99. The Kier molecular flexibility index (Phi) is 6.19. The zero-order valence-electron chi connectivity index (χ0n) is 17.9. The number of nitrogens with zero attached hydrogens (tertiary/aromatic N) is 1. The summed E-state index contributed by atoms with van der Waals surface area (Å²) in [7, 11) is -3.95. The summed E-state index contributed by atoms with van der Waals surface area (Å²) >= 11 is 0. The second kappa shape index (κ2) is 9.20. The van der Waals surface area contributed by atoms with Gasteiger partial charge in [-0.1, -0.05) is 102 Å². The van der Waals surface area contributed by atoms with E-state index in [2.05, 4.69) is 41.6 Å². The summed E-state index contributed by atoms with van der Waals surface area (Å²) < 4.78 is 29.5. The molecular formula is C27H23NO3S. The predicted octanol–water partition coefficient (Wildman–Crippen LogP) is 6.46. The number of hydrogen-bond acceptors (Lipinski definition) is 4. The van der Waals surface area contributed by atoms with Gasteiger partial charge in [0.1, 0.15) is 4.90 Å². The Morgan fingerprint density at radius 3 is 1.66 bits per heavy atom. The van der Waals surface area contributed by atoms with E-state index in [1.165, 1.54) is 23.3 Å². The SMILES string of the molecule is CC(=NOS(=O)(=O)c1ccc(C)cc1)c1ccc(-c2ccc(-c3ccccc3)cc2)cc1. The van der Waals surface area contributed by atoms with Gasteiger partial charge in [0.25, 0.3) is 0 Å². The molecule has 4 aromatic rings. The smallest absolute Gasteiger partial charge is 0.265 e. The van der Waals surface area contributed by atoms with Crippen molar-refractivity contribution in [1.29, 1.82) is 0 Å². The first-order chi connectivity index (χ1) is 15.4. The number of hydrogen-bond donors (Lipinski definition) is 0. The van der Waals surface area contributed by atoms with Crippen LogP contribution in [0.2, 0.25) is 0 Å². The molecule has 0 heterocycles. The lowest BCUT2D eigenvalue weighted by Crippen LogP contribution is -2.05. The van der Waals surface area contributed by atoms with Gasteiger partial charge in [0.15, 0.2) is 0 Å². The molecule has 0 unspecified atom stereocenters. The van der Waals surface area contributed by atoms with Crippen molar-refractivity contribution in [3.63, 3.8) is 0 Å². The van der Waals surface area contributed by atoms with Gasteiger partial charge in [-0.3, -0.25) is 4.28 Å². The Hall–Kier alpha value is -3.70. The number of oxime groups is 1. The Bertz CT molecular complexity index is 1330. The quantitative estimate of drug-likeness (QED) is 0.255. The van der Waals surface area contributed by atoms with Crippen molar-refractivity contribution in [3.8, 4) is 22.3 Å². The fourth-order valence-corrected chi connectivity index (χ4v) is 4.06. The van der Waals surface area contributed by atoms with Crippen LogP contribution in [0.4, 0.5) is 0 Å². The normalized spacial score (nSPS) is 11.9. The summed E-state index contributed by atoms with van der Waals surface area (Å²) in [6.45, 7) is 3.61. The van der Waals surface area contributed by atoms with E-state index in [1.54, 1.807) is 19.1 Å². The Labute approximate surface area is 188 Å². The molecular weight excluding hydrogens is 418 g/mol. The fraction of sp³-hybridized carbons (Fsp3) is 0.0741. The summed E-state index contributed by atoms with van der Waals surface area (Å²) in [6.07, 6.45) is 0. The van der Waals surface area contributed by atoms with Crippen molar-refractivity contribution in [2.75, 3.05) is 0 Å². The van der Waals surface area contributed by atoms with Crippen LogP contribution in [0.15, 0.2) is 113 Å². The molecule has 0 aromatic heterocycles. The largest absolute Gasteiger partial charge is 0.358 e. The summed E-state index contributed by atoms with van der Waals surface area (Å²) in [5.74, 6) is 0. The number of benzene rings is 4. The van der Waals surface area contributed by atoms with Crippen LogP contribution < -0.4 is 0 Å². The van der Waals surface area contributed by atoms with Crippen molar-refractivity contribution < 1.29 is 12.7 Å². The van der Waals surface area contributed by atoms with Crippen LogP contribution in [0.3, 0.4) is 0 Å².